The molecule has 0 saturated carbocycles. The van der Waals surface area contributed by atoms with Crippen LogP contribution in [0, 0.1) is 0 Å². The molecule has 0 spiro atoms. The van der Waals surface area contributed by atoms with Gasteiger partial charge in [0.2, 0.25) is 0 Å². The maximum atomic E-state index is 12.0. The van der Waals surface area contributed by atoms with Gasteiger partial charge in [0.25, 0.3) is 0 Å². The standard InChI is InChI=1S/C14H18ClNO4S/c1-10(21(18,19)14(2,3)4)9-20-13(17)16-12-7-5-11(15)6-8-12/h5-8H,1,9H2,2-4H3,(H,16,17). The second kappa shape index (κ2) is 6.49. The van der Waals surface area contributed by atoms with E-state index in [4.69, 9.17) is 16.3 Å². The van der Waals surface area contributed by atoms with Crippen molar-refractivity contribution in [3.63, 3.8) is 0 Å². The van der Waals surface area contributed by atoms with Crippen molar-refractivity contribution in [1.82, 2.24) is 0 Å². The molecule has 0 aliphatic heterocycles. The van der Waals surface area contributed by atoms with Crippen LogP contribution in [0.25, 0.3) is 0 Å². The number of nitrogens with one attached hydrogen (secondary N) is 1. The molecule has 0 aliphatic carbocycles. The smallest absolute Gasteiger partial charge is 0.411 e. The number of benzene rings is 1. The molecule has 0 aromatic heterocycles. The van der Waals surface area contributed by atoms with Gasteiger partial charge in [0.15, 0.2) is 9.84 Å². The third kappa shape index (κ3) is 4.75. The summed E-state index contributed by atoms with van der Waals surface area (Å²) in [7, 11) is -3.57. The van der Waals surface area contributed by atoms with Crippen LogP contribution >= 0.6 is 11.6 Å². The highest BCUT2D eigenvalue weighted by molar-refractivity contribution is 7.96. The number of halogens is 1. The van der Waals surface area contributed by atoms with E-state index in [1.165, 1.54) is 0 Å². The van der Waals surface area contributed by atoms with Crippen LogP contribution < -0.4 is 5.32 Å². The molecule has 0 unspecified atom stereocenters. The van der Waals surface area contributed by atoms with E-state index < -0.39 is 20.7 Å². The average Bonchev–Trinajstić information content (AvgIpc) is 2.37. The number of hydrogen-bond donors (Lipinski definition) is 1. The van der Waals surface area contributed by atoms with E-state index in [-0.39, 0.29) is 11.5 Å². The van der Waals surface area contributed by atoms with Crippen molar-refractivity contribution in [3.8, 4) is 0 Å². The second-order valence-corrected chi connectivity index (χ2v) is 8.61. The molecule has 0 radical (unpaired) electrons. The topological polar surface area (TPSA) is 72.5 Å². The van der Waals surface area contributed by atoms with Gasteiger partial charge in [-0.05, 0) is 45.0 Å². The SMILES string of the molecule is C=C(COC(=O)Nc1ccc(Cl)cc1)S(=O)(=O)C(C)(C)C. The third-order valence-corrected chi connectivity index (χ3v) is 5.38. The van der Waals surface area contributed by atoms with Crippen LogP contribution in [0.3, 0.4) is 0 Å². The zero-order chi connectivity index (χ0) is 16.3. The van der Waals surface area contributed by atoms with Crippen LogP contribution in [0.5, 0.6) is 0 Å². The van der Waals surface area contributed by atoms with E-state index in [0.29, 0.717) is 10.7 Å². The Balaban J connectivity index is 2.58. The number of anilines is 1. The Bertz CT molecular complexity index is 630. The van der Waals surface area contributed by atoms with Gasteiger partial charge >= 0.3 is 6.09 Å². The minimum Gasteiger partial charge on any atom is -0.444 e. The Morgan fingerprint density at radius 3 is 2.29 bits per heavy atom. The zero-order valence-corrected chi connectivity index (χ0v) is 13.7. The van der Waals surface area contributed by atoms with Crippen molar-refractivity contribution in [2.45, 2.75) is 25.5 Å². The van der Waals surface area contributed by atoms with Gasteiger partial charge in [0, 0.05) is 10.7 Å². The quantitative estimate of drug-likeness (QED) is 0.914. The van der Waals surface area contributed by atoms with Gasteiger partial charge < -0.3 is 4.74 Å². The Hall–Kier alpha value is -1.53. The van der Waals surface area contributed by atoms with E-state index in [1.54, 1.807) is 45.0 Å². The lowest BCUT2D eigenvalue weighted by atomic mass is 10.3. The number of carbonyl (C=O) groups is 1. The summed E-state index contributed by atoms with van der Waals surface area (Å²) in [5, 5.41) is 3.00. The fraction of sp³-hybridized carbons (Fsp3) is 0.357. The van der Waals surface area contributed by atoms with E-state index in [2.05, 4.69) is 11.9 Å². The molecule has 5 nitrogen and oxygen atoms in total. The van der Waals surface area contributed by atoms with Crippen LogP contribution in [-0.4, -0.2) is 25.9 Å². The van der Waals surface area contributed by atoms with Crippen molar-refractivity contribution in [3.05, 3.63) is 40.8 Å². The first-order chi connectivity index (χ1) is 9.54. The summed E-state index contributed by atoms with van der Waals surface area (Å²) in [5.41, 5.74) is 0.494. The van der Waals surface area contributed by atoms with Gasteiger partial charge in [0.05, 0.1) is 9.65 Å². The third-order valence-electron chi connectivity index (χ3n) is 2.64. The predicted octanol–water partition coefficient (Wildman–Crippen LogP) is 3.62. The van der Waals surface area contributed by atoms with Crippen molar-refractivity contribution in [2.75, 3.05) is 11.9 Å². The minimum atomic E-state index is -3.57. The van der Waals surface area contributed by atoms with Gasteiger partial charge in [0.1, 0.15) is 6.61 Å². The molecule has 1 aromatic carbocycles. The fourth-order valence-electron chi connectivity index (χ4n) is 1.34. The highest BCUT2D eigenvalue weighted by atomic mass is 35.5. The molecule has 0 heterocycles. The first-order valence-electron chi connectivity index (χ1n) is 6.16. The molecule has 1 aromatic rings. The Kier molecular flexibility index (Phi) is 5.42. The Morgan fingerprint density at radius 2 is 1.81 bits per heavy atom. The monoisotopic (exact) mass is 331 g/mol. The first kappa shape index (κ1) is 17.5. The van der Waals surface area contributed by atoms with Crippen molar-refractivity contribution in [2.24, 2.45) is 0 Å². The number of hydrogen-bond acceptors (Lipinski definition) is 4. The maximum Gasteiger partial charge on any atom is 0.411 e. The highest BCUT2D eigenvalue weighted by Crippen LogP contribution is 2.22. The second-order valence-electron chi connectivity index (χ2n) is 5.36. The van der Waals surface area contributed by atoms with Gasteiger partial charge in [-0.2, -0.15) is 0 Å². The molecule has 0 aliphatic rings. The summed E-state index contributed by atoms with van der Waals surface area (Å²) in [6.07, 6.45) is -0.761. The summed E-state index contributed by atoms with van der Waals surface area (Å²) >= 11 is 5.72. The summed E-state index contributed by atoms with van der Waals surface area (Å²) in [5.74, 6) is 0. The molecule has 1 rings (SSSR count). The number of sulfone groups is 1. The van der Waals surface area contributed by atoms with E-state index in [0.717, 1.165) is 0 Å². The largest absolute Gasteiger partial charge is 0.444 e. The van der Waals surface area contributed by atoms with Crippen LogP contribution in [0.2, 0.25) is 5.02 Å². The lowest BCUT2D eigenvalue weighted by molar-refractivity contribution is 0.173. The normalized spacial score (nSPS) is 11.8. The number of rotatable bonds is 4. The Labute approximate surface area is 129 Å². The summed E-state index contributed by atoms with van der Waals surface area (Å²) < 4.78 is 27.9. The molecular weight excluding hydrogens is 314 g/mol. The molecule has 21 heavy (non-hydrogen) atoms. The minimum absolute atomic E-state index is 0.138. The molecule has 116 valence electrons. The molecule has 0 saturated heterocycles. The van der Waals surface area contributed by atoms with Crippen LogP contribution in [-0.2, 0) is 14.6 Å². The fourth-order valence-corrected chi connectivity index (χ4v) is 2.55. The molecule has 0 atom stereocenters. The van der Waals surface area contributed by atoms with Crippen molar-refractivity contribution in [1.29, 1.82) is 0 Å². The summed E-state index contributed by atoms with van der Waals surface area (Å²) in [6.45, 7) is 7.75. The molecular formula is C14H18ClNO4S. The summed E-state index contributed by atoms with van der Waals surface area (Å²) in [4.78, 5) is 11.4. The van der Waals surface area contributed by atoms with E-state index >= 15 is 0 Å². The lowest BCUT2D eigenvalue weighted by Gasteiger charge is -2.20. The van der Waals surface area contributed by atoms with Gasteiger partial charge in [-0.25, -0.2) is 13.2 Å². The number of carbonyl (C=O) groups excluding carboxylic acids is 1. The van der Waals surface area contributed by atoms with Gasteiger partial charge in [-0.15, -0.1) is 0 Å². The molecule has 1 N–H and O–H groups in total. The highest BCUT2D eigenvalue weighted by Gasteiger charge is 2.32. The Morgan fingerprint density at radius 1 is 1.29 bits per heavy atom. The zero-order valence-electron chi connectivity index (χ0n) is 12.1. The van der Waals surface area contributed by atoms with Crippen LogP contribution in [0.1, 0.15) is 20.8 Å². The van der Waals surface area contributed by atoms with E-state index in [1.807, 2.05) is 0 Å². The molecule has 1 amide bonds. The number of ether oxygens (including phenoxy) is 1. The van der Waals surface area contributed by atoms with E-state index in [9.17, 15) is 13.2 Å². The first-order valence-corrected chi connectivity index (χ1v) is 8.02. The maximum absolute atomic E-state index is 12.0. The van der Waals surface area contributed by atoms with Crippen LogP contribution in [0.4, 0.5) is 10.5 Å². The van der Waals surface area contributed by atoms with Crippen molar-refractivity contribution < 1.29 is 17.9 Å². The summed E-state index contributed by atoms with van der Waals surface area (Å²) in [6, 6.07) is 6.43. The van der Waals surface area contributed by atoms with Gasteiger partial charge in [-0.1, -0.05) is 18.2 Å². The predicted molar refractivity (Wildman–Crippen MR) is 84.2 cm³/mol. The van der Waals surface area contributed by atoms with Crippen LogP contribution in [0.15, 0.2) is 35.7 Å². The lowest BCUT2D eigenvalue weighted by Crippen LogP contribution is -2.31. The van der Waals surface area contributed by atoms with Crippen molar-refractivity contribution >= 4 is 33.2 Å². The average molecular weight is 332 g/mol. The molecule has 0 bridgehead atoms. The molecule has 7 heteroatoms. The van der Waals surface area contributed by atoms with Gasteiger partial charge in [-0.3, -0.25) is 5.32 Å². The molecule has 0 fully saturated rings. The number of amides is 1.